The number of amides is 1. The van der Waals surface area contributed by atoms with Crippen LogP contribution in [0.2, 0.25) is 0 Å². The Morgan fingerprint density at radius 3 is 1.86 bits per heavy atom. The van der Waals surface area contributed by atoms with E-state index in [1.165, 1.54) is 6.92 Å². The van der Waals surface area contributed by atoms with Gasteiger partial charge < -0.3 is 16.2 Å². The van der Waals surface area contributed by atoms with Crippen molar-refractivity contribution in [2.45, 2.75) is 13.1 Å². The van der Waals surface area contributed by atoms with Gasteiger partial charge in [-0.3, -0.25) is 4.79 Å². The number of nitrogens with two attached hydrogens (primary N) is 1. The molecule has 0 rings (SSSR count). The van der Waals surface area contributed by atoms with Gasteiger partial charge in [0.05, 0.1) is 0 Å². The van der Waals surface area contributed by atoms with Gasteiger partial charge in [-0.2, -0.15) is 13.2 Å². The molecule has 4 N–H and O–H groups in total. The topological polar surface area (TPSA) is 92.4 Å². The van der Waals surface area contributed by atoms with Crippen LogP contribution in [0.1, 0.15) is 6.92 Å². The van der Waals surface area contributed by atoms with E-state index in [9.17, 15) is 18.0 Å². The zero-order valence-electron chi connectivity index (χ0n) is 7.39. The van der Waals surface area contributed by atoms with E-state index < -0.39 is 12.1 Å². The molecule has 14 heavy (non-hydrogen) atoms. The fourth-order valence-electron chi connectivity index (χ4n) is 0.248. The first-order valence-corrected chi connectivity index (χ1v) is 3.46. The van der Waals surface area contributed by atoms with Gasteiger partial charge in [0.1, 0.15) is 0 Å². The smallest absolute Gasteiger partial charge is 0.475 e. The first-order chi connectivity index (χ1) is 6.21. The summed E-state index contributed by atoms with van der Waals surface area (Å²) in [5, 5.41) is 9.66. The van der Waals surface area contributed by atoms with Gasteiger partial charge in [0, 0.05) is 20.0 Å². The number of hydrogen-bond acceptors (Lipinski definition) is 3. The predicted molar refractivity (Wildman–Crippen MR) is 41.4 cm³/mol. The van der Waals surface area contributed by atoms with Crippen LogP contribution >= 0.6 is 0 Å². The molecule has 0 bridgehead atoms. The van der Waals surface area contributed by atoms with Gasteiger partial charge in [0.25, 0.3) is 0 Å². The van der Waals surface area contributed by atoms with Crippen molar-refractivity contribution in [2.75, 3.05) is 13.1 Å². The van der Waals surface area contributed by atoms with Crippen LogP contribution in [0.3, 0.4) is 0 Å². The number of carbonyl (C=O) groups is 2. The maximum atomic E-state index is 10.6. The number of carbonyl (C=O) groups excluding carboxylic acids is 1. The summed E-state index contributed by atoms with van der Waals surface area (Å²) >= 11 is 0. The van der Waals surface area contributed by atoms with Crippen LogP contribution in [-0.2, 0) is 9.59 Å². The lowest BCUT2D eigenvalue weighted by atomic mass is 10.6. The van der Waals surface area contributed by atoms with Gasteiger partial charge in [0.2, 0.25) is 5.91 Å². The molecule has 0 unspecified atom stereocenters. The number of carboxylic acid groups (broad SMARTS) is 1. The number of alkyl halides is 3. The van der Waals surface area contributed by atoms with Gasteiger partial charge >= 0.3 is 12.1 Å². The fourth-order valence-corrected chi connectivity index (χ4v) is 0.248. The Morgan fingerprint density at radius 1 is 1.43 bits per heavy atom. The Bertz CT molecular complexity index is 193. The molecule has 0 aliphatic heterocycles. The van der Waals surface area contributed by atoms with E-state index in [0.717, 1.165) is 0 Å². The normalized spacial score (nSPS) is 9.79. The SMILES string of the molecule is CC(=O)NCCN.O=C(O)C(F)(F)F. The predicted octanol–water partition coefficient (Wildman–Crippen LogP) is -0.286. The summed E-state index contributed by atoms with van der Waals surface area (Å²) in [6, 6.07) is 0. The van der Waals surface area contributed by atoms with Crippen LogP contribution in [0.5, 0.6) is 0 Å². The van der Waals surface area contributed by atoms with Gasteiger partial charge in [-0.15, -0.1) is 0 Å². The Hall–Kier alpha value is -1.31. The van der Waals surface area contributed by atoms with E-state index in [1.807, 2.05) is 0 Å². The lowest BCUT2D eigenvalue weighted by Crippen LogP contribution is -2.26. The minimum absolute atomic E-state index is 0.0227. The minimum atomic E-state index is -5.08. The maximum Gasteiger partial charge on any atom is 0.490 e. The average Bonchev–Trinajstić information content (AvgIpc) is 2.00. The van der Waals surface area contributed by atoms with Crippen molar-refractivity contribution in [3.05, 3.63) is 0 Å². The van der Waals surface area contributed by atoms with Gasteiger partial charge in [-0.05, 0) is 0 Å². The Morgan fingerprint density at radius 2 is 1.79 bits per heavy atom. The van der Waals surface area contributed by atoms with Gasteiger partial charge in [-0.1, -0.05) is 0 Å². The number of nitrogens with one attached hydrogen (secondary N) is 1. The molecule has 0 saturated heterocycles. The van der Waals surface area contributed by atoms with Crippen LogP contribution in [0.15, 0.2) is 0 Å². The highest BCUT2D eigenvalue weighted by Crippen LogP contribution is 2.13. The molecular formula is C6H11F3N2O3. The summed E-state index contributed by atoms with van der Waals surface area (Å²) in [7, 11) is 0. The Balaban J connectivity index is 0. The standard InChI is InChI=1S/C4H10N2O.C2HF3O2/c1-4(7)6-3-2-5;3-2(4,5)1(6)7/h2-3,5H2,1H3,(H,6,7);(H,6,7). The monoisotopic (exact) mass is 216 g/mol. The Labute approximate surface area is 78.1 Å². The average molecular weight is 216 g/mol. The van der Waals surface area contributed by atoms with Crippen LogP contribution in [0.4, 0.5) is 13.2 Å². The van der Waals surface area contributed by atoms with E-state index in [-0.39, 0.29) is 5.91 Å². The lowest BCUT2D eigenvalue weighted by Gasteiger charge is -1.93. The number of hydrogen-bond donors (Lipinski definition) is 3. The van der Waals surface area contributed by atoms with Gasteiger partial charge in [-0.25, -0.2) is 4.79 Å². The van der Waals surface area contributed by atoms with Crippen molar-refractivity contribution in [3.8, 4) is 0 Å². The van der Waals surface area contributed by atoms with E-state index in [2.05, 4.69) is 5.32 Å². The second-order valence-corrected chi connectivity index (χ2v) is 2.07. The molecule has 0 aliphatic carbocycles. The fraction of sp³-hybridized carbons (Fsp3) is 0.667. The number of rotatable bonds is 2. The maximum absolute atomic E-state index is 10.6. The molecule has 0 spiro atoms. The first-order valence-electron chi connectivity index (χ1n) is 3.46. The highest BCUT2D eigenvalue weighted by atomic mass is 19.4. The van der Waals surface area contributed by atoms with Crippen molar-refractivity contribution in [1.29, 1.82) is 0 Å². The molecule has 0 atom stereocenters. The molecule has 0 aromatic rings. The van der Waals surface area contributed by atoms with Crippen molar-refractivity contribution in [3.63, 3.8) is 0 Å². The van der Waals surface area contributed by atoms with E-state index in [4.69, 9.17) is 15.6 Å². The minimum Gasteiger partial charge on any atom is -0.475 e. The molecule has 84 valence electrons. The lowest BCUT2D eigenvalue weighted by molar-refractivity contribution is -0.192. The number of carboxylic acids is 1. The quantitative estimate of drug-likeness (QED) is 0.591. The van der Waals surface area contributed by atoms with Crippen molar-refractivity contribution < 1.29 is 27.9 Å². The second-order valence-electron chi connectivity index (χ2n) is 2.07. The molecule has 0 saturated carbocycles. The number of halogens is 3. The summed E-state index contributed by atoms with van der Waals surface area (Å²) in [6.07, 6.45) is -5.08. The summed E-state index contributed by atoms with van der Waals surface area (Å²) in [6.45, 7) is 2.56. The molecule has 0 aromatic carbocycles. The second kappa shape index (κ2) is 7.13. The molecule has 8 heteroatoms. The van der Waals surface area contributed by atoms with Crippen molar-refractivity contribution in [2.24, 2.45) is 5.73 Å². The highest BCUT2D eigenvalue weighted by Gasteiger charge is 2.38. The Kier molecular flexibility index (Phi) is 7.73. The van der Waals surface area contributed by atoms with Crippen LogP contribution < -0.4 is 11.1 Å². The van der Waals surface area contributed by atoms with Crippen LogP contribution in [0, 0.1) is 0 Å². The third kappa shape index (κ3) is 13.3. The van der Waals surface area contributed by atoms with Crippen LogP contribution in [0.25, 0.3) is 0 Å². The van der Waals surface area contributed by atoms with Crippen LogP contribution in [-0.4, -0.2) is 36.2 Å². The van der Waals surface area contributed by atoms with Gasteiger partial charge in [0.15, 0.2) is 0 Å². The van der Waals surface area contributed by atoms with E-state index >= 15 is 0 Å². The molecule has 1 amide bonds. The summed E-state index contributed by atoms with van der Waals surface area (Å²) in [5.74, 6) is -2.78. The third-order valence-corrected chi connectivity index (χ3v) is 0.761. The molecule has 0 fully saturated rings. The molecular weight excluding hydrogens is 205 g/mol. The molecule has 0 aromatic heterocycles. The highest BCUT2D eigenvalue weighted by molar-refractivity contribution is 5.73. The van der Waals surface area contributed by atoms with E-state index in [0.29, 0.717) is 13.1 Å². The van der Waals surface area contributed by atoms with Crippen molar-refractivity contribution >= 4 is 11.9 Å². The van der Waals surface area contributed by atoms with E-state index in [1.54, 1.807) is 0 Å². The molecule has 0 heterocycles. The molecule has 5 nitrogen and oxygen atoms in total. The largest absolute Gasteiger partial charge is 0.490 e. The first kappa shape index (κ1) is 15.2. The summed E-state index contributed by atoms with van der Waals surface area (Å²) in [5.41, 5.74) is 5.06. The third-order valence-electron chi connectivity index (χ3n) is 0.761. The van der Waals surface area contributed by atoms with Crippen molar-refractivity contribution in [1.82, 2.24) is 5.32 Å². The number of aliphatic carboxylic acids is 1. The molecule has 0 radical (unpaired) electrons. The zero-order chi connectivity index (χ0) is 11.8. The zero-order valence-corrected chi connectivity index (χ0v) is 7.39. The molecule has 0 aliphatic rings. The summed E-state index contributed by atoms with van der Waals surface area (Å²) in [4.78, 5) is 18.9. The summed E-state index contributed by atoms with van der Waals surface area (Å²) < 4.78 is 31.7.